The highest BCUT2D eigenvalue weighted by molar-refractivity contribution is 5.75. The fraction of sp³-hybridized carbons (Fsp3) is 0.308. The molecule has 0 saturated heterocycles. The molecule has 0 fully saturated rings. The molecular weight excluding hydrogens is 220 g/mol. The molecule has 0 amide bonds. The first kappa shape index (κ1) is 13.3. The number of aliphatic hydroxyl groups excluding tert-OH is 1. The van der Waals surface area contributed by atoms with Gasteiger partial charge in [0, 0.05) is 0 Å². The number of esters is 1. The minimum absolute atomic E-state index is 0.511. The third-order valence-corrected chi connectivity index (χ3v) is 2.52. The summed E-state index contributed by atoms with van der Waals surface area (Å²) in [5, 5.41) is 10.0. The van der Waals surface area contributed by atoms with Crippen LogP contribution in [0.25, 0.3) is 0 Å². The van der Waals surface area contributed by atoms with E-state index in [9.17, 15) is 9.90 Å². The predicted octanol–water partition coefficient (Wildman–Crippen LogP) is 1.70. The molecule has 0 saturated carbocycles. The lowest BCUT2D eigenvalue weighted by molar-refractivity contribution is -0.147. The standard InChI is InChI=1S/C13H16O4/c1-4-11(13(15)17-3)12(14)9-5-7-10(16-2)8-6-9/h4-8,11-12,14H,1H2,2-3H3/t11-,12-/m1/s1. The summed E-state index contributed by atoms with van der Waals surface area (Å²) in [6, 6.07) is 6.83. The van der Waals surface area contributed by atoms with Gasteiger partial charge in [0.1, 0.15) is 11.7 Å². The van der Waals surface area contributed by atoms with Gasteiger partial charge in [-0.3, -0.25) is 4.79 Å². The van der Waals surface area contributed by atoms with Crippen LogP contribution in [0.3, 0.4) is 0 Å². The normalized spacial score (nSPS) is 13.6. The maximum atomic E-state index is 11.4. The van der Waals surface area contributed by atoms with E-state index in [2.05, 4.69) is 11.3 Å². The minimum atomic E-state index is -0.967. The highest BCUT2D eigenvalue weighted by atomic mass is 16.5. The monoisotopic (exact) mass is 236 g/mol. The van der Waals surface area contributed by atoms with Gasteiger partial charge in [-0.15, -0.1) is 6.58 Å². The summed E-state index contributed by atoms with van der Waals surface area (Å²) in [6.45, 7) is 3.52. The molecule has 0 heterocycles. The van der Waals surface area contributed by atoms with Crippen molar-refractivity contribution < 1.29 is 19.4 Å². The molecule has 2 atom stereocenters. The molecule has 0 radical (unpaired) electrons. The highest BCUT2D eigenvalue weighted by Crippen LogP contribution is 2.25. The number of methoxy groups -OCH3 is 2. The Morgan fingerprint density at radius 3 is 2.35 bits per heavy atom. The topological polar surface area (TPSA) is 55.8 Å². The molecule has 0 aliphatic rings. The molecule has 0 spiro atoms. The molecule has 0 aromatic heterocycles. The summed E-state index contributed by atoms with van der Waals surface area (Å²) >= 11 is 0. The van der Waals surface area contributed by atoms with Crippen LogP contribution in [0, 0.1) is 5.92 Å². The van der Waals surface area contributed by atoms with E-state index in [-0.39, 0.29) is 0 Å². The molecule has 0 unspecified atom stereocenters. The van der Waals surface area contributed by atoms with Crippen LogP contribution in [0.15, 0.2) is 36.9 Å². The van der Waals surface area contributed by atoms with Crippen molar-refractivity contribution >= 4 is 5.97 Å². The third-order valence-electron chi connectivity index (χ3n) is 2.52. The number of rotatable bonds is 5. The van der Waals surface area contributed by atoms with Crippen molar-refractivity contribution in [2.75, 3.05) is 14.2 Å². The Labute approximate surface area is 100 Å². The largest absolute Gasteiger partial charge is 0.497 e. The third kappa shape index (κ3) is 3.07. The van der Waals surface area contributed by atoms with E-state index in [0.717, 1.165) is 0 Å². The molecule has 92 valence electrons. The average Bonchev–Trinajstić information content (AvgIpc) is 2.39. The summed E-state index contributed by atoms with van der Waals surface area (Å²) in [5.74, 6) is -0.592. The molecule has 0 aliphatic carbocycles. The van der Waals surface area contributed by atoms with Crippen molar-refractivity contribution in [2.45, 2.75) is 6.10 Å². The number of aliphatic hydroxyl groups is 1. The van der Waals surface area contributed by atoms with Crippen LogP contribution in [0.1, 0.15) is 11.7 Å². The molecule has 0 aliphatic heterocycles. The summed E-state index contributed by atoms with van der Waals surface area (Å²) in [4.78, 5) is 11.4. The second-order valence-electron chi connectivity index (χ2n) is 3.50. The van der Waals surface area contributed by atoms with Gasteiger partial charge in [-0.2, -0.15) is 0 Å². The van der Waals surface area contributed by atoms with Crippen LogP contribution < -0.4 is 4.74 Å². The number of carbonyl (C=O) groups excluding carboxylic acids is 1. The SMILES string of the molecule is C=C[C@@H](C(=O)OC)[C@H](O)c1ccc(OC)cc1. The summed E-state index contributed by atoms with van der Waals surface area (Å²) in [7, 11) is 2.84. The maximum Gasteiger partial charge on any atom is 0.315 e. The lowest BCUT2D eigenvalue weighted by atomic mass is 9.96. The number of benzene rings is 1. The van der Waals surface area contributed by atoms with E-state index < -0.39 is 18.0 Å². The molecule has 1 aromatic carbocycles. The van der Waals surface area contributed by atoms with Crippen LogP contribution >= 0.6 is 0 Å². The van der Waals surface area contributed by atoms with Gasteiger partial charge >= 0.3 is 5.97 Å². The van der Waals surface area contributed by atoms with Crippen LogP contribution in [-0.4, -0.2) is 25.3 Å². The quantitative estimate of drug-likeness (QED) is 0.624. The minimum Gasteiger partial charge on any atom is -0.497 e. The van der Waals surface area contributed by atoms with E-state index in [1.54, 1.807) is 31.4 Å². The smallest absolute Gasteiger partial charge is 0.315 e. The second kappa shape index (κ2) is 6.06. The summed E-state index contributed by atoms with van der Waals surface area (Å²) in [6.07, 6.45) is 0.409. The van der Waals surface area contributed by atoms with Gasteiger partial charge in [0.2, 0.25) is 0 Å². The summed E-state index contributed by atoms with van der Waals surface area (Å²) in [5.41, 5.74) is 0.612. The lowest BCUT2D eigenvalue weighted by Gasteiger charge is -2.17. The van der Waals surface area contributed by atoms with E-state index in [1.807, 2.05) is 0 Å². The van der Waals surface area contributed by atoms with Gasteiger partial charge in [-0.25, -0.2) is 0 Å². The zero-order valence-corrected chi connectivity index (χ0v) is 9.92. The lowest BCUT2D eigenvalue weighted by Crippen LogP contribution is -2.21. The van der Waals surface area contributed by atoms with Gasteiger partial charge in [0.25, 0.3) is 0 Å². The van der Waals surface area contributed by atoms with Crippen molar-refractivity contribution in [3.05, 3.63) is 42.5 Å². The number of carbonyl (C=O) groups is 1. The molecule has 4 nitrogen and oxygen atoms in total. The zero-order valence-electron chi connectivity index (χ0n) is 9.92. The molecule has 1 N–H and O–H groups in total. The number of hydrogen-bond donors (Lipinski definition) is 1. The first-order chi connectivity index (χ1) is 8.13. The Kier molecular flexibility index (Phi) is 4.72. The average molecular weight is 236 g/mol. The molecule has 0 bridgehead atoms. The van der Waals surface area contributed by atoms with Crippen LogP contribution in [0.5, 0.6) is 5.75 Å². The second-order valence-corrected chi connectivity index (χ2v) is 3.50. The van der Waals surface area contributed by atoms with Crippen molar-refractivity contribution in [3.63, 3.8) is 0 Å². The molecule has 17 heavy (non-hydrogen) atoms. The van der Waals surface area contributed by atoms with Crippen molar-refractivity contribution in [3.8, 4) is 5.75 Å². The van der Waals surface area contributed by atoms with Gasteiger partial charge in [-0.1, -0.05) is 18.2 Å². The Hall–Kier alpha value is -1.81. The summed E-state index contributed by atoms with van der Waals surface area (Å²) < 4.78 is 9.61. The van der Waals surface area contributed by atoms with E-state index in [1.165, 1.54) is 13.2 Å². The van der Waals surface area contributed by atoms with Crippen LogP contribution in [0.4, 0.5) is 0 Å². The Morgan fingerprint density at radius 1 is 1.35 bits per heavy atom. The Balaban J connectivity index is 2.89. The van der Waals surface area contributed by atoms with Crippen molar-refractivity contribution in [1.29, 1.82) is 0 Å². The maximum absolute atomic E-state index is 11.4. The molecular formula is C13H16O4. The fourth-order valence-electron chi connectivity index (χ4n) is 1.50. The highest BCUT2D eigenvalue weighted by Gasteiger charge is 2.25. The Morgan fingerprint density at radius 2 is 1.94 bits per heavy atom. The van der Waals surface area contributed by atoms with Gasteiger partial charge < -0.3 is 14.6 Å². The van der Waals surface area contributed by atoms with Crippen molar-refractivity contribution in [2.24, 2.45) is 5.92 Å². The molecule has 1 aromatic rings. The van der Waals surface area contributed by atoms with Gasteiger partial charge in [0.15, 0.2) is 0 Å². The predicted molar refractivity (Wildman–Crippen MR) is 63.7 cm³/mol. The molecule has 4 heteroatoms. The van der Waals surface area contributed by atoms with E-state index in [4.69, 9.17) is 4.74 Å². The van der Waals surface area contributed by atoms with Crippen molar-refractivity contribution in [1.82, 2.24) is 0 Å². The fourth-order valence-corrected chi connectivity index (χ4v) is 1.50. The first-order valence-corrected chi connectivity index (χ1v) is 5.16. The molecule has 1 rings (SSSR count). The number of hydrogen-bond acceptors (Lipinski definition) is 4. The van der Waals surface area contributed by atoms with E-state index in [0.29, 0.717) is 11.3 Å². The van der Waals surface area contributed by atoms with Gasteiger partial charge in [0.05, 0.1) is 20.3 Å². The number of ether oxygens (including phenoxy) is 2. The zero-order chi connectivity index (χ0) is 12.8. The van der Waals surface area contributed by atoms with Crippen LogP contribution in [-0.2, 0) is 9.53 Å². The van der Waals surface area contributed by atoms with E-state index >= 15 is 0 Å². The Bertz CT molecular complexity index is 383. The first-order valence-electron chi connectivity index (χ1n) is 5.16. The van der Waals surface area contributed by atoms with Gasteiger partial charge in [-0.05, 0) is 17.7 Å². The van der Waals surface area contributed by atoms with Crippen LogP contribution in [0.2, 0.25) is 0 Å².